The number of para-hydroxylation sites is 1. The van der Waals surface area contributed by atoms with Gasteiger partial charge in [0.2, 0.25) is 0 Å². The lowest BCUT2D eigenvalue weighted by molar-refractivity contribution is -0.141. The molecule has 5 nitrogen and oxygen atoms in total. The van der Waals surface area contributed by atoms with Crippen molar-refractivity contribution in [3.05, 3.63) is 76.8 Å². The largest absolute Gasteiger partial charge is 0.435 e. The Bertz CT molecular complexity index is 1040. The Hall–Kier alpha value is -2.87. The lowest BCUT2D eigenvalue weighted by Crippen LogP contribution is -2.30. The SMILES string of the molecule is O=C(c1cc(C(F)(F)F)nn1-c1ccccc1Cl)N1CCC(c2ccncc2)C1. The summed E-state index contributed by atoms with van der Waals surface area (Å²) in [6.07, 6.45) is -0.585. The highest BCUT2D eigenvalue weighted by Gasteiger charge is 2.38. The van der Waals surface area contributed by atoms with Crippen LogP contribution in [-0.4, -0.2) is 38.7 Å². The average molecular weight is 421 g/mol. The van der Waals surface area contributed by atoms with Gasteiger partial charge in [0, 0.05) is 37.5 Å². The third-order valence-corrected chi connectivity index (χ3v) is 5.27. The van der Waals surface area contributed by atoms with Crippen molar-refractivity contribution in [2.45, 2.75) is 18.5 Å². The van der Waals surface area contributed by atoms with Crippen molar-refractivity contribution in [1.29, 1.82) is 0 Å². The maximum absolute atomic E-state index is 13.3. The molecule has 1 aromatic carbocycles. The number of likely N-dealkylation sites (tertiary alicyclic amines) is 1. The van der Waals surface area contributed by atoms with Crippen molar-refractivity contribution < 1.29 is 18.0 Å². The second-order valence-electron chi connectivity index (χ2n) is 6.79. The molecule has 0 saturated carbocycles. The van der Waals surface area contributed by atoms with E-state index >= 15 is 0 Å². The van der Waals surface area contributed by atoms with Crippen LogP contribution < -0.4 is 0 Å². The highest BCUT2D eigenvalue weighted by molar-refractivity contribution is 6.32. The Labute approximate surface area is 169 Å². The molecular formula is C20H16ClF3N4O. The standard InChI is InChI=1S/C20H16ClF3N4O/c21-15-3-1-2-4-16(15)28-17(11-18(26-28)20(22,23)24)19(29)27-10-7-14(12-27)13-5-8-25-9-6-13/h1-6,8-9,11,14H,7,10,12H2. The molecule has 29 heavy (non-hydrogen) atoms. The monoisotopic (exact) mass is 420 g/mol. The number of alkyl halides is 3. The Morgan fingerprint density at radius 3 is 2.55 bits per heavy atom. The normalized spacial score (nSPS) is 17.0. The number of hydrogen-bond acceptors (Lipinski definition) is 3. The van der Waals surface area contributed by atoms with Gasteiger partial charge < -0.3 is 4.90 Å². The number of amides is 1. The van der Waals surface area contributed by atoms with Crippen LogP contribution in [0.4, 0.5) is 13.2 Å². The van der Waals surface area contributed by atoms with Gasteiger partial charge in [-0.3, -0.25) is 9.78 Å². The zero-order chi connectivity index (χ0) is 20.6. The minimum Gasteiger partial charge on any atom is -0.337 e. The smallest absolute Gasteiger partial charge is 0.337 e. The van der Waals surface area contributed by atoms with E-state index in [9.17, 15) is 18.0 Å². The number of carbonyl (C=O) groups is 1. The van der Waals surface area contributed by atoms with Gasteiger partial charge >= 0.3 is 6.18 Å². The average Bonchev–Trinajstić information content (AvgIpc) is 3.36. The summed E-state index contributed by atoms with van der Waals surface area (Å²) in [7, 11) is 0. The number of benzene rings is 1. The van der Waals surface area contributed by atoms with Gasteiger partial charge in [-0.25, -0.2) is 4.68 Å². The molecule has 0 aliphatic carbocycles. The van der Waals surface area contributed by atoms with Gasteiger partial charge in [-0.05, 0) is 36.2 Å². The first kappa shape index (κ1) is 19.4. The summed E-state index contributed by atoms with van der Waals surface area (Å²) in [5.74, 6) is -0.398. The summed E-state index contributed by atoms with van der Waals surface area (Å²) in [6.45, 7) is 0.860. The molecule has 0 spiro atoms. The molecule has 1 saturated heterocycles. The van der Waals surface area contributed by atoms with E-state index in [1.807, 2.05) is 12.1 Å². The van der Waals surface area contributed by atoms with Gasteiger partial charge in [-0.15, -0.1) is 0 Å². The molecule has 1 fully saturated rings. The van der Waals surface area contributed by atoms with Crippen molar-refractivity contribution in [2.24, 2.45) is 0 Å². The van der Waals surface area contributed by atoms with E-state index in [-0.39, 0.29) is 22.3 Å². The molecule has 1 unspecified atom stereocenters. The summed E-state index contributed by atoms with van der Waals surface area (Å²) in [5, 5.41) is 3.84. The number of halogens is 4. The number of hydrogen-bond donors (Lipinski definition) is 0. The van der Waals surface area contributed by atoms with Crippen molar-refractivity contribution >= 4 is 17.5 Å². The lowest BCUT2D eigenvalue weighted by atomic mass is 10.00. The predicted molar refractivity (Wildman–Crippen MR) is 101 cm³/mol. The van der Waals surface area contributed by atoms with Gasteiger partial charge in [0.25, 0.3) is 5.91 Å². The molecule has 0 N–H and O–H groups in total. The molecule has 4 rings (SSSR count). The van der Waals surface area contributed by atoms with Crippen LogP contribution in [0, 0.1) is 0 Å². The molecular weight excluding hydrogens is 405 g/mol. The zero-order valence-electron chi connectivity index (χ0n) is 15.1. The molecule has 1 atom stereocenters. The van der Waals surface area contributed by atoms with Crippen LogP contribution in [-0.2, 0) is 6.18 Å². The molecule has 0 bridgehead atoms. The Kier molecular flexibility index (Phi) is 5.04. The van der Waals surface area contributed by atoms with Gasteiger partial charge in [-0.1, -0.05) is 23.7 Å². The fourth-order valence-electron chi connectivity index (χ4n) is 3.49. The molecule has 9 heteroatoms. The molecule has 1 aliphatic heterocycles. The van der Waals surface area contributed by atoms with Crippen molar-refractivity contribution in [1.82, 2.24) is 19.7 Å². The predicted octanol–water partition coefficient (Wildman–Crippen LogP) is 4.57. The summed E-state index contributed by atoms with van der Waals surface area (Å²) < 4.78 is 40.8. The second kappa shape index (κ2) is 7.51. The minimum absolute atomic E-state index is 0.112. The number of aromatic nitrogens is 3. The first-order valence-corrected chi connectivity index (χ1v) is 9.34. The minimum atomic E-state index is -4.67. The fourth-order valence-corrected chi connectivity index (χ4v) is 3.71. The van der Waals surface area contributed by atoms with E-state index in [4.69, 9.17) is 11.6 Å². The molecule has 0 radical (unpaired) electrons. The second-order valence-corrected chi connectivity index (χ2v) is 7.20. The Balaban J connectivity index is 1.68. The summed E-state index contributed by atoms with van der Waals surface area (Å²) in [5.41, 5.74) is -0.0322. The van der Waals surface area contributed by atoms with Crippen LogP contribution in [0.3, 0.4) is 0 Å². The maximum atomic E-state index is 13.3. The quantitative estimate of drug-likeness (QED) is 0.623. The highest BCUT2D eigenvalue weighted by Crippen LogP contribution is 2.33. The van der Waals surface area contributed by atoms with E-state index in [1.54, 1.807) is 29.4 Å². The van der Waals surface area contributed by atoms with E-state index in [0.29, 0.717) is 13.1 Å². The van der Waals surface area contributed by atoms with E-state index in [1.165, 1.54) is 12.1 Å². The fraction of sp³-hybridized carbons (Fsp3) is 0.250. The number of nitrogens with zero attached hydrogens (tertiary/aromatic N) is 4. The summed E-state index contributed by atoms with van der Waals surface area (Å²) in [6, 6.07) is 10.9. The van der Waals surface area contributed by atoms with Crippen molar-refractivity contribution in [2.75, 3.05) is 13.1 Å². The molecule has 2 aromatic heterocycles. The first-order chi connectivity index (χ1) is 13.8. The molecule has 1 aliphatic rings. The maximum Gasteiger partial charge on any atom is 0.435 e. The summed E-state index contributed by atoms with van der Waals surface area (Å²) >= 11 is 6.15. The van der Waals surface area contributed by atoms with Crippen molar-refractivity contribution in [3.63, 3.8) is 0 Å². The third kappa shape index (κ3) is 3.85. The molecule has 150 valence electrons. The van der Waals surface area contributed by atoms with E-state index in [0.717, 1.165) is 22.7 Å². The molecule has 3 aromatic rings. The van der Waals surface area contributed by atoms with Crippen LogP contribution in [0.2, 0.25) is 5.02 Å². The van der Waals surface area contributed by atoms with E-state index < -0.39 is 17.8 Å². The highest BCUT2D eigenvalue weighted by atomic mass is 35.5. The third-order valence-electron chi connectivity index (χ3n) is 4.95. The van der Waals surface area contributed by atoms with Crippen LogP contribution in [0.1, 0.15) is 34.1 Å². The van der Waals surface area contributed by atoms with Crippen LogP contribution in [0.15, 0.2) is 54.9 Å². The lowest BCUT2D eigenvalue weighted by Gasteiger charge is -2.17. The number of carbonyl (C=O) groups excluding carboxylic acids is 1. The Morgan fingerprint density at radius 2 is 1.86 bits per heavy atom. The van der Waals surface area contributed by atoms with Crippen LogP contribution in [0.25, 0.3) is 5.69 Å². The van der Waals surface area contributed by atoms with Gasteiger partial charge in [0.1, 0.15) is 5.69 Å². The van der Waals surface area contributed by atoms with E-state index in [2.05, 4.69) is 10.1 Å². The first-order valence-electron chi connectivity index (χ1n) is 8.96. The Morgan fingerprint density at radius 1 is 1.14 bits per heavy atom. The van der Waals surface area contributed by atoms with Crippen LogP contribution in [0.5, 0.6) is 0 Å². The zero-order valence-corrected chi connectivity index (χ0v) is 15.9. The number of pyridine rings is 1. The van der Waals surface area contributed by atoms with Crippen LogP contribution >= 0.6 is 11.6 Å². The van der Waals surface area contributed by atoms with Gasteiger partial charge in [0.15, 0.2) is 5.69 Å². The van der Waals surface area contributed by atoms with Gasteiger partial charge in [-0.2, -0.15) is 18.3 Å². The topological polar surface area (TPSA) is 51.0 Å². The molecule has 3 heterocycles. The summed E-state index contributed by atoms with van der Waals surface area (Å²) in [4.78, 5) is 18.6. The van der Waals surface area contributed by atoms with Crippen molar-refractivity contribution in [3.8, 4) is 5.69 Å². The van der Waals surface area contributed by atoms with Gasteiger partial charge in [0.05, 0.1) is 10.7 Å². The molecule has 1 amide bonds. The number of rotatable bonds is 3.